The zero-order valence-corrected chi connectivity index (χ0v) is 21.7. The van der Waals surface area contributed by atoms with Crippen molar-refractivity contribution in [3.05, 3.63) is 46.2 Å². The number of carbonyl (C=O) groups is 2. The zero-order chi connectivity index (χ0) is 25.8. The summed E-state index contributed by atoms with van der Waals surface area (Å²) < 4.78 is 0. The van der Waals surface area contributed by atoms with Gasteiger partial charge in [-0.1, -0.05) is 30.7 Å². The van der Waals surface area contributed by atoms with Crippen molar-refractivity contribution >= 4 is 35.1 Å². The number of nitrogens with one attached hydrogen (secondary N) is 1. The van der Waals surface area contributed by atoms with Gasteiger partial charge in [0.2, 0.25) is 0 Å². The first-order valence-electron chi connectivity index (χ1n) is 12.5. The third-order valence-corrected chi connectivity index (χ3v) is 7.52. The van der Waals surface area contributed by atoms with E-state index in [1.807, 2.05) is 24.3 Å². The van der Waals surface area contributed by atoms with Crippen LogP contribution in [0.3, 0.4) is 0 Å². The number of amides is 2. The molecule has 11 heteroatoms. The Morgan fingerprint density at radius 2 is 1.81 bits per heavy atom. The van der Waals surface area contributed by atoms with Crippen molar-refractivity contribution in [1.82, 2.24) is 25.1 Å². The molecule has 1 aromatic carbocycles. The number of aromatic nitrogens is 2. The van der Waals surface area contributed by atoms with E-state index in [0.717, 1.165) is 58.5 Å². The summed E-state index contributed by atoms with van der Waals surface area (Å²) in [6, 6.07) is 8.75. The summed E-state index contributed by atoms with van der Waals surface area (Å²) in [5, 5.41) is 2.81. The van der Waals surface area contributed by atoms with Crippen molar-refractivity contribution in [2.24, 2.45) is 5.73 Å². The van der Waals surface area contributed by atoms with Gasteiger partial charge in [-0.25, -0.2) is 9.97 Å². The van der Waals surface area contributed by atoms with Gasteiger partial charge in [0.05, 0.1) is 0 Å². The second-order valence-corrected chi connectivity index (χ2v) is 9.82. The predicted molar refractivity (Wildman–Crippen MR) is 141 cm³/mol. The van der Waals surface area contributed by atoms with Crippen molar-refractivity contribution in [1.29, 1.82) is 0 Å². The average Bonchev–Trinajstić information content (AvgIpc) is 2.89. The summed E-state index contributed by atoms with van der Waals surface area (Å²) in [6.45, 7) is 7.63. The molecular weight excluding hydrogens is 480 g/mol. The number of likely N-dealkylation sites (tertiary alicyclic amines) is 1. The van der Waals surface area contributed by atoms with E-state index in [0.29, 0.717) is 23.5 Å². The second-order valence-electron chi connectivity index (χ2n) is 9.47. The fraction of sp³-hybridized carbons (Fsp3) is 0.520. The molecule has 0 aliphatic carbocycles. The van der Waals surface area contributed by atoms with Gasteiger partial charge in [-0.05, 0) is 50.0 Å². The van der Waals surface area contributed by atoms with Crippen LogP contribution in [0.15, 0.2) is 24.3 Å². The molecule has 0 saturated carbocycles. The number of piperidine rings is 1. The number of primary amides is 1. The van der Waals surface area contributed by atoms with Gasteiger partial charge >= 0.3 is 0 Å². The maximum absolute atomic E-state index is 11.8. The maximum Gasteiger partial charge on any atom is 0.271 e. The van der Waals surface area contributed by atoms with Gasteiger partial charge < -0.3 is 21.7 Å². The molecule has 1 atom stereocenters. The van der Waals surface area contributed by atoms with Crippen LogP contribution in [0.5, 0.6) is 0 Å². The van der Waals surface area contributed by atoms with Crippen LogP contribution in [0.2, 0.25) is 5.15 Å². The molecule has 2 aliphatic heterocycles. The summed E-state index contributed by atoms with van der Waals surface area (Å²) in [5.74, 6) is -0.284. The lowest BCUT2D eigenvalue weighted by atomic mass is 9.97. The number of halogens is 1. The molecule has 2 amide bonds. The highest BCUT2D eigenvalue weighted by molar-refractivity contribution is 6.32. The number of nitrogens with two attached hydrogens (primary N) is 2. The van der Waals surface area contributed by atoms with E-state index < -0.39 is 5.91 Å². The number of nitrogen functional groups attached to an aromatic ring is 1. The van der Waals surface area contributed by atoms with Gasteiger partial charge in [-0.15, -0.1) is 0 Å². The lowest BCUT2D eigenvalue weighted by molar-refractivity contribution is 0.0610. The molecule has 1 aromatic heterocycles. The number of benzene rings is 1. The highest BCUT2D eigenvalue weighted by Crippen LogP contribution is 2.29. The number of rotatable bonds is 7. The van der Waals surface area contributed by atoms with Crippen LogP contribution in [-0.2, 0) is 6.54 Å². The van der Waals surface area contributed by atoms with E-state index in [1.165, 1.54) is 5.56 Å². The standard InChI is InChI=1S/C25H35ClN8O2/c1-3-18-15-33(24-21(26)30-20(23(28)35)22(27)31-24)12-13-34(18)19-8-10-32(11-9-19)14-16-4-6-17(7-5-16)25(36)29-2/h4-7,18-19H,3,8-15H2,1-2H3,(H2,27,31)(H2,28,35)(H,29,36). The minimum absolute atomic E-state index is 0.00743. The minimum atomic E-state index is -0.739. The second kappa shape index (κ2) is 11.4. The Morgan fingerprint density at radius 3 is 2.42 bits per heavy atom. The Bertz CT molecular complexity index is 1090. The van der Waals surface area contributed by atoms with Gasteiger partial charge in [0.25, 0.3) is 11.8 Å². The van der Waals surface area contributed by atoms with Gasteiger partial charge in [-0.3, -0.25) is 19.4 Å². The summed E-state index contributed by atoms with van der Waals surface area (Å²) in [5.41, 5.74) is 13.0. The quantitative estimate of drug-likeness (QED) is 0.508. The van der Waals surface area contributed by atoms with Crippen LogP contribution < -0.4 is 21.7 Å². The molecule has 2 fully saturated rings. The molecule has 2 saturated heterocycles. The smallest absolute Gasteiger partial charge is 0.271 e. The average molecular weight is 515 g/mol. The summed E-state index contributed by atoms with van der Waals surface area (Å²) in [4.78, 5) is 38.9. The number of nitrogens with zero attached hydrogens (tertiary/aromatic N) is 5. The molecule has 10 nitrogen and oxygen atoms in total. The molecule has 3 heterocycles. The number of piperazine rings is 1. The highest BCUT2D eigenvalue weighted by Gasteiger charge is 2.34. The first-order valence-corrected chi connectivity index (χ1v) is 12.8. The van der Waals surface area contributed by atoms with Crippen LogP contribution in [0.25, 0.3) is 0 Å². The van der Waals surface area contributed by atoms with E-state index >= 15 is 0 Å². The van der Waals surface area contributed by atoms with Crippen LogP contribution in [-0.4, -0.2) is 83.4 Å². The summed E-state index contributed by atoms with van der Waals surface area (Å²) in [7, 11) is 1.64. The van der Waals surface area contributed by atoms with Gasteiger partial charge in [0.1, 0.15) is 0 Å². The van der Waals surface area contributed by atoms with Gasteiger partial charge in [-0.2, -0.15) is 0 Å². The first-order chi connectivity index (χ1) is 17.3. The Morgan fingerprint density at radius 1 is 1.11 bits per heavy atom. The van der Waals surface area contributed by atoms with Crippen LogP contribution in [0.1, 0.15) is 52.6 Å². The predicted octanol–water partition coefficient (Wildman–Crippen LogP) is 1.74. The molecule has 36 heavy (non-hydrogen) atoms. The molecular formula is C25H35ClN8O2. The minimum Gasteiger partial charge on any atom is -0.382 e. The normalized spacial score (nSPS) is 19.9. The molecule has 1 unspecified atom stereocenters. The molecule has 194 valence electrons. The molecule has 0 radical (unpaired) electrons. The lowest BCUT2D eigenvalue weighted by Gasteiger charge is -2.47. The highest BCUT2D eigenvalue weighted by atomic mass is 35.5. The molecule has 0 spiro atoms. The zero-order valence-electron chi connectivity index (χ0n) is 20.9. The van der Waals surface area contributed by atoms with E-state index in [9.17, 15) is 9.59 Å². The van der Waals surface area contributed by atoms with E-state index in [2.05, 4.69) is 36.9 Å². The lowest BCUT2D eigenvalue weighted by Crippen LogP contribution is -2.58. The van der Waals surface area contributed by atoms with E-state index in [-0.39, 0.29) is 22.6 Å². The summed E-state index contributed by atoms with van der Waals surface area (Å²) in [6.07, 6.45) is 3.25. The van der Waals surface area contributed by atoms with Gasteiger partial charge in [0, 0.05) is 50.9 Å². The van der Waals surface area contributed by atoms with Crippen LogP contribution >= 0.6 is 11.6 Å². The Kier molecular flexibility index (Phi) is 8.28. The molecule has 4 rings (SSSR count). The number of anilines is 2. The van der Waals surface area contributed by atoms with Gasteiger partial charge in [0.15, 0.2) is 22.5 Å². The third-order valence-electron chi connectivity index (χ3n) is 7.27. The number of hydrogen-bond donors (Lipinski definition) is 3. The largest absolute Gasteiger partial charge is 0.382 e. The van der Waals surface area contributed by atoms with E-state index in [4.69, 9.17) is 23.1 Å². The molecule has 2 aromatic rings. The Labute approximate surface area is 217 Å². The topological polar surface area (TPSA) is 134 Å². The van der Waals surface area contributed by atoms with Crippen molar-refractivity contribution in [2.75, 3.05) is 50.4 Å². The number of carbonyl (C=O) groups excluding carboxylic acids is 2. The molecule has 5 N–H and O–H groups in total. The van der Waals surface area contributed by atoms with Crippen LogP contribution in [0.4, 0.5) is 11.6 Å². The SMILES string of the molecule is CCC1CN(c2nc(N)c(C(N)=O)nc2Cl)CCN1C1CCN(Cc2ccc(C(=O)NC)cc2)CC1. The van der Waals surface area contributed by atoms with Crippen molar-refractivity contribution in [3.8, 4) is 0 Å². The van der Waals surface area contributed by atoms with Crippen LogP contribution in [0, 0.1) is 0 Å². The monoisotopic (exact) mass is 514 g/mol. The number of hydrogen-bond acceptors (Lipinski definition) is 8. The first kappa shape index (κ1) is 26.1. The summed E-state index contributed by atoms with van der Waals surface area (Å²) >= 11 is 6.35. The fourth-order valence-corrected chi connectivity index (χ4v) is 5.53. The molecule has 0 bridgehead atoms. The van der Waals surface area contributed by atoms with E-state index in [1.54, 1.807) is 7.05 Å². The van der Waals surface area contributed by atoms with Crippen molar-refractivity contribution < 1.29 is 9.59 Å². The van der Waals surface area contributed by atoms with Crippen molar-refractivity contribution in [3.63, 3.8) is 0 Å². The van der Waals surface area contributed by atoms with Crippen molar-refractivity contribution in [2.45, 2.75) is 44.8 Å². The third kappa shape index (κ3) is 5.71. The maximum atomic E-state index is 11.8. The fourth-order valence-electron chi connectivity index (χ4n) is 5.28. The Balaban J connectivity index is 1.33. The Hall–Kier alpha value is -2.95. The molecule has 2 aliphatic rings.